The molecule has 1 heterocycles. The van der Waals surface area contributed by atoms with E-state index in [-0.39, 0.29) is 12.2 Å². The molecule has 1 fully saturated rings. The number of carbonyl (C=O) groups excluding carboxylic acids is 2. The van der Waals surface area contributed by atoms with Crippen LogP contribution in [-0.4, -0.2) is 68.8 Å². The molecule has 1 aromatic carbocycles. The maximum absolute atomic E-state index is 12.4. The van der Waals surface area contributed by atoms with Gasteiger partial charge in [0.1, 0.15) is 4.90 Å². The topological polar surface area (TPSA) is 133 Å². The van der Waals surface area contributed by atoms with Crippen molar-refractivity contribution >= 4 is 27.4 Å². The zero-order chi connectivity index (χ0) is 19.3. The van der Waals surface area contributed by atoms with Crippen molar-refractivity contribution in [3.05, 3.63) is 33.9 Å². The molecule has 0 radical (unpaired) electrons. The Morgan fingerprint density at radius 2 is 1.96 bits per heavy atom. The average Bonchev–Trinajstić information content (AvgIpc) is 2.61. The lowest BCUT2D eigenvalue weighted by Gasteiger charge is -2.26. The number of nitrogens with zero attached hydrogens (tertiary/aromatic N) is 2. The summed E-state index contributed by atoms with van der Waals surface area (Å²) in [5.74, 6) is -2.47. The third-order valence-corrected chi connectivity index (χ3v) is 5.28. The van der Waals surface area contributed by atoms with Gasteiger partial charge in [0.2, 0.25) is 0 Å². The van der Waals surface area contributed by atoms with Gasteiger partial charge in [0.15, 0.2) is 15.6 Å². The maximum Gasteiger partial charge on any atom is 0.321 e. The van der Waals surface area contributed by atoms with Gasteiger partial charge in [-0.25, -0.2) is 8.42 Å². The van der Waals surface area contributed by atoms with Crippen molar-refractivity contribution in [2.75, 3.05) is 38.7 Å². The second-order valence-corrected chi connectivity index (χ2v) is 7.37. The average molecular weight is 386 g/mol. The van der Waals surface area contributed by atoms with Crippen LogP contribution >= 0.6 is 0 Å². The van der Waals surface area contributed by atoms with Crippen molar-refractivity contribution in [1.82, 2.24) is 4.90 Å². The monoisotopic (exact) mass is 386 g/mol. The van der Waals surface area contributed by atoms with E-state index in [0.29, 0.717) is 26.3 Å². The molecule has 1 aliphatic rings. The number of nitro groups is 1. The maximum atomic E-state index is 12.4. The summed E-state index contributed by atoms with van der Waals surface area (Å²) in [5, 5.41) is 11.3. The van der Waals surface area contributed by atoms with Gasteiger partial charge in [-0.05, 0) is 19.1 Å². The standard InChI is InChI=1S/C15H18N2O8S/c1-2-25-14(18)10-26(22,23)13-4-3-11(9-12(13)17(20)21)15(19)16-5-7-24-8-6-16/h3-4,9H,2,5-8,10H2,1H3. The largest absolute Gasteiger partial charge is 0.465 e. The van der Waals surface area contributed by atoms with Gasteiger partial charge in [0.25, 0.3) is 11.6 Å². The van der Waals surface area contributed by atoms with Gasteiger partial charge in [-0.2, -0.15) is 0 Å². The van der Waals surface area contributed by atoms with Gasteiger partial charge in [-0.15, -0.1) is 0 Å². The zero-order valence-electron chi connectivity index (χ0n) is 14.0. The normalized spacial score (nSPS) is 14.7. The summed E-state index contributed by atoms with van der Waals surface area (Å²) < 4.78 is 34.3. The highest BCUT2D eigenvalue weighted by molar-refractivity contribution is 7.92. The molecule has 0 aromatic heterocycles. The number of ether oxygens (including phenoxy) is 2. The van der Waals surface area contributed by atoms with Crippen LogP contribution in [0, 0.1) is 10.1 Å². The fraction of sp³-hybridized carbons (Fsp3) is 0.467. The van der Waals surface area contributed by atoms with E-state index >= 15 is 0 Å². The first-order valence-electron chi connectivity index (χ1n) is 7.80. The molecule has 10 nitrogen and oxygen atoms in total. The van der Waals surface area contributed by atoms with E-state index in [1.165, 1.54) is 17.9 Å². The van der Waals surface area contributed by atoms with E-state index in [2.05, 4.69) is 4.74 Å². The van der Waals surface area contributed by atoms with Gasteiger partial charge in [-0.1, -0.05) is 0 Å². The van der Waals surface area contributed by atoms with Crippen LogP contribution < -0.4 is 0 Å². The first kappa shape index (κ1) is 19.8. The summed E-state index contributed by atoms with van der Waals surface area (Å²) in [5.41, 5.74) is -0.762. The molecule has 1 aromatic rings. The summed E-state index contributed by atoms with van der Waals surface area (Å²) in [6.07, 6.45) is 0. The van der Waals surface area contributed by atoms with Crippen molar-refractivity contribution in [2.45, 2.75) is 11.8 Å². The molecule has 1 amide bonds. The number of esters is 1. The van der Waals surface area contributed by atoms with Crippen molar-refractivity contribution < 1.29 is 32.4 Å². The van der Waals surface area contributed by atoms with Gasteiger partial charge in [0.05, 0.1) is 24.7 Å². The van der Waals surface area contributed by atoms with Crippen LogP contribution in [0.15, 0.2) is 23.1 Å². The molecule has 0 unspecified atom stereocenters. The third kappa shape index (κ3) is 4.55. The quantitative estimate of drug-likeness (QED) is 0.390. The lowest BCUT2D eigenvalue weighted by atomic mass is 10.1. The van der Waals surface area contributed by atoms with Gasteiger partial charge < -0.3 is 14.4 Å². The highest BCUT2D eigenvalue weighted by atomic mass is 32.2. The summed E-state index contributed by atoms with van der Waals surface area (Å²) in [6, 6.07) is 3.08. The number of hydrogen-bond acceptors (Lipinski definition) is 8. The Labute approximate surface area is 149 Å². The Hall–Kier alpha value is -2.53. The third-order valence-electron chi connectivity index (χ3n) is 3.65. The fourth-order valence-corrected chi connectivity index (χ4v) is 3.72. The second-order valence-electron chi connectivity index (χ2n) is 5.41. The van der Waals surface area contributed by atoms with Crippen LogP contribution in [0.4, 0.5) is 5.69 Å². The minimum absolute atomic E-state index is 0.00585. The summed E-state index contributed by atoms with van der Waals surface area (Å²) >= 11 is 0. The van der Waals surface area contributed by atoms with Crippen molar-refractivity contribution in [1.29, 1.82) is 0 Å². The first-order valence-corrected chi connectivity index (χ1v) is 9.45. The van der Waals surface area contributed by atoms with E-state index in [1.807, 2.05) is 0 Å². The Morgan fingerprint density at radius 3 is 2.54 bits per heavy atom. The van der Waals surface area contributed by atoms with E-state index in [0.717, 1.165) is 12.1 Å². The van der Waals surface area contributed by atoms with Crippen molar-refractivity contribution in [3.8, 4) is 0 Å². The molecule has 142 valence electrons. The molecule has 0 saturated carbocycles. The predicted octanol–water partition coefficient (Wildman–Crippen LogP) is 0.404. The molecule has 1 aliphatic heterocycles. The lowest BCUT2D eigenvalue weighted by Crippen LogP contribution is -2.40. The minimum atomic E-state index is -4.29. The summed E-state index contributed by atoms with van der Waals surface area (Å²) in [4.78, 5) is 35.1. The lowest BCUT2D eigenvalue weighted by molar-refractivity contribution is -0.387. The molecule has 1 saturated heterocycles. The van der Waals surface area contributed by atoms with Gasteiger partial charge in [0, 0.05) is 24.7 Å². The number of amides is 1. The van der Waals surface area contributed by atoms with Crippen molar-refractivity contribution in [2.24, 2.45) is 0 Å². The summed E-state index contributed by atoms with van der Waals surface area (Å²) in [6.45, 7) is 2.91. The number of morpholine rings is 1. The summed E-state index contributed by atoms with van der Waals surface area (Å²) in [7, 11) is -4.29. The van der Waals surface area contributed by atoms with E-state index in [1.54, 1.807) is 0 Å². The molecule has 11 heteroatoms. The van der Waals surface area contributed by atoms with Gasteiger partial charge in [-0.3, -0.25) is 19.7 Å². The van der Waals surface area contributed by atoms with E-state index in [4.69, 9.17) is 4.74 Å². The van der Waals surface area contributed by atoms with Crippen LogP contribution in [0.1, 0.15) is 17.3 Å². The second kappa shape index (κ2) is 8.23. The molecular weight excluding hydrogens is 368 g/mol. The number of benzene rings is 1. The van der Waals surface area contributed by atoms with Crippen LogP contribution in [0.25, 0.3) is 0 Å². The molecule has 0 N–H and O–H groups in total. The zero-order valence-corrected chi connectivity index (χ0v) is 14.9. The van der Waals surface area contributed by atoms with E-state index < -0.39 is 43.0 Å². The Morgan fingerprint density at radius 1 is 1.31 bits per heavy atom. The number of nitro benzene ring substituents is 1. The molecule has 0 spiro atoms. The SMILES string of the molecule is CCOC(=O)CS(=O)(=O)c1ccc(C(=O)N2CCOCC2)cc1[N+](=O)[O-]. The first-order chi connectivity index (χ1) is 12.3. The molecule has 0 aliphatic carbocycles. The van der Waals surface area contributed by atoms with Crippen molar-refractivity contribution in [3.63, 3.8) is 0 Å². The number of hydrogen-bond donors (Lipinski definition) is 0. The molecule has 26 heavy (non-hydrogen) atoms. The highest BCUT2D eigenvalue weighted by Gasteiger charge is 2.30. The Kier molecular flexibility index (Phi) is 6.27. The number of carbonyl (C=O) groups is 2. The smallest absolute Gasteiger partial charge is 0.321 e. The Bertz CT molecular complexity index is 815. The van der Waals surface area contributed by atoms with Crippen LogP contribution in [0.3, 0.4) is 0 Å². The number of sulfone groups is 1. The van der Waals surface area contributed by atoms with E-state index in [9.17, 15) is 28.1 Å². The minimum Gasteiger partial charge on any atom is -0.465 e. The Balaban J connectivity index is 2.35. The van der Waals surface area contributed by atoms with Crippen LogP contribution in [0.2, 0.25) is 0 Å². The molecule has 0 bridgehead atoms. The molecule has 2 rings (SSSR count). The van der Waals surface area contributed by atoms with Crippen LogP contribution in [-0.2, 0) is 24.1 Å². The predicted molar refractivity (Wildman–Crippen MR) is 88.5 cm³/mol. The number of rotatable bonds is 6. The fourth-order valence-electron chi connectivity index (χ4n) is 2.44. The molecular formula is C15H18N2O8S. The highest BCUT2D eigenvalue weighted by Crippen LogP contribution is 2.27. The van der Waals surface area contributed by atoms with Gasteiger partial charge >= 0.3 is 5.97 Å². The molecule has 0 atom stereocenters. The van der Waals surface area contributed by atoms with Crippen LogP contribution in [0.5, 0.6) is 0 Å².